The minimum absolute atomic E-state index is 0.0166. The van der Waals surface area contributed by atoms with E-state index in [1.807, 2.05) is 59.7 Å². The van der Waals surface area contributed by atoms with Crippen molar-refractivity contribution in [3.05, 3.63) is 23.9 Å². The fourth-order valence-corrected chi connectivity index (χ4v) is 7.64. The molecule has 0 spiro atoms. The number of ketones is 1. The number of benzene rings is 1. The lowest BCUT2D eigenvalue weighted by molar-refractivity contribution is -0.143. The highest BCUT2D eigenvalue weighted by atomic mass is 16.6. The van der Waals surface area contributed by atoms with Crippen molar-refractivity contribution in [1.82, 2.24) is 20.2 Å². The molecule has 47 heavy (non-hydrogen) atoms. The second-order valence-corrected chi connectivity index (χ2v) is 15.1. The van der Waals surface area contributed by atoms with Crippen molar-refractivity contribution in [2.75, 3.05) is 13.7 Å². The maximum absolute atomic E-state index is 14.6. The van der Waals surface area contributed by atoms with Crippen molar-refractivity contribution < 1.29 is 28.6 Å². The second kappa shape index (κ2) is 14.8. The largest absolute Gasteiger partial charge is 0.497 e. The van der Waals surface area contributed by atoms with Gasteiger partial charge in [-0.05, 0) is 68.4 Å². The third-order valence-electron chi connectivity index (χ3n) is 10.3. The third kappa shape index (κ3) is 7.83. The predicted molar refractivity (Wildman–Crippen MR) is 180 cm³/mol. The number of fused-ring (bicyclic) bond motifs is 5. The van der Waals surface area contributed by atoms with Gasteiger partial charge in [-0.3, -0.25) is 9.59 Å². The molecule has 10 heteroatoms. The summed E-state index contributed by atoms with van der Waals surface area (Å²) >= 11 is 0. The lowest BCUT2D eigenvalue weighted by atomic mass is 9.83. The Balaban J connectivity index is 1.57. The lowest BCUT2D eigenvalue weighted by Gasteiger charge is -2.37. The average molecular weight is 651 g/mol. The zero-order valence-corrected chi connectivity index (χ0v) is 29.3. The Hall–Kier alpha value is -3.43. The summed E-state index contributed by atoms with van der Waals surface area (Å²) in [6.45, 7) is 11.7. The molecule has 258 valence electrons. The first-order valence-corrected chi connectivity index (χ1v) is 17.7. The summed E-state index contributed by atoms with van der Waals surface area (Å²) in [6.07, 6.45) is 8.07. The smallest absolute Gasteiger partial charge is 0.408 e. The molecule has 1 aliphatic carbocycles. The van der Waals surface area contributed by atoms with Crippen LogP contribution in [0.4, 0.5) is 4.79 Å². The number of carbonyl (C=O) groups excluding carboxylic acids is 3. The topological polar surface area (TPSA) is 120 Å². The zero-order chi connectivity index (χ0) is 33.9. The number of ether oxygens (including phenoxy) is 3. The number of amides is 2. The molecule has 6 atom stereocenters. The minimum atomic E-state index is -0.891. The summed E-state index contributed by atoms with van der Waals surface area (Å²) in [7, 11) is 1.62. The summed E-state index contributed by atoms with van der Waals surface area (Å²) in [5, 5.41) is 2.96. The molecule has 10 nitrogen and oxygen atoms in total. The quantitative estimate of drug-likeness (QED) is 0.390. The van der Waals surface area contributed by atoms with Crippen molar-refractivity contribution in [1.29, 1.82) is 0 Å². The number of methoxy groups -OCH3 is 1. The van der Waals surface area contributed by atoms with Gasteiger partial charge in [0.1, 0.15) is 29.7 Å². The summed E-state index contributed by atoms with van der Waals surface area (Å²) in [6, 6.07) is 4.07. The highest BCUT2D eigenvalue weighted by Crippen LogP contribution is 2.37. The van der Waals surface area contributed by atoms with Crippen LogP contribution in [0.1, 0.15) is 105 Å². The van der Waals surface area contributed by atoms with E-state index in [1.165, 1.54) is 0 Å². The molecule has 2 aromatic rings. The predicted octanol–water partition coefficient (Wildman–Crippen LogP) is 6.66. The number of nitrogens with one attached hydrogen (secondary N) is 1. The average Bonchev–Trinajstić information content (AvgIpc) is 3.40. The number of alkyl carbamates (subject to hydrolysis) is 1. The molecule has 3 heterocycles. The number of nitrogens with zero attached hydrogens (tertiary/aromatic N) is 3. The van der Waals surface area contributed by atoms with Gasteiger partial charge >= 0.3 is 6.09 Å². The molecule has 3 aliphatic rings. The third-order valence-corrected chi connectivity index (χ3v) is 10.3. The first-order chi connectivity index (χ1) is 22.4. The highest BCUT2D eigenvalue weighted by Gasteiger charge is 2.51. The van der Waals surface area contributed by atoms with Gasteiger partial charge in [-0.15, -0.1) is 0 Å². The molecular weight excluding hydrogens is 596 g/mol. The van der Waals surface area contributed by atoms with Gasteiger partial charge in [-0.25, -0.2) is 14.8 Å². The number of aromatic nitrogens is 2. The van der Waals surface area contributed by atoms with Gasteiger partial charge in [-0.2, -0.15) is 0 Å². The van der Waals surface area contributed by atoms with Crippen LogP contribution in [0.25, 0.3) is 11.0 Å². The van der Waals surface area contributed by atoms with Crippen LogP contribution in [0.3, 0.4) is 0 Å². The summed E-state index contributed by atoms with van der Waals surface area (Å²) < 4.78 is 18.3. The molecule has 2 fully saturated rings. The van der Waals surface area contributed by atoms with E-state index in [4.69, 9.17) is 24.2 Å². The van der Waals surface area contributed by atoms with Gasteiger partial charge in [0.15, 0.2) is 5.78 Å². The van der Waals surface area contributed by atoms with Crippen LogP contribution in [0.5, 0.6) is 11.6 Å². The van der Waals surface area contributed by atoms with Crippen molar-refractivity contribution in [2.45, 2.75) is 130 Å². The normalized spacial score (nSPS) is 28.0. The monoisotopic (exact) mass is 650 g/mol. The van der Waals surface area contributed by atoms with Crippen molar-refractivity contribution in [3.63, 3.8) is 0 Å². The van der Waals surface area contributed by atoms with Crippen LogP contribution in [0, 0.1) is 23.2 Å². The number of aryl methyl sites for hydroxylation is 1. The Morgan fingerprint density at radius 1 is 1.00 bits per heavy atom. The Morgan fingerprint density at radius 2 is 1.72 bits per heavy atom. The molecule has 0 radical (unpaired) electrons. The van der Waals surface area contributed by atoms with Crippen molar-refractivity contribution >= 4 is 28.8 Å². The summed E-state index contributed by atoms with van der Waals surface area (Å²) in [4.78, 5) is 53.5. The summed E-state index contributed by atoms with van der Waals surface area (Å²) in [5.74, 6) is 0.556. The van der Waals surface area contributed by atoms with Crippen molar-refractivity contribution in [3.8, 4) is 11.6 Å². The number of rotatable bonds is 4. The summed E-state index contributed by atoms with van der Waals surface area (Å²) in [5.41, 5.74) is 1.58. The molecule has 2 bridgehead atoms. The maximum Gasteiger partial charge on any atom is 0.408 e. The van der Waals surface area contributed by atoms with Gasteiger partial charge < -0.3 is 24.4 Å². The molecule has 2 amide bonds. The molecule has 1 aromatic carbocycles. The lowest BCUT2D eigenvalue weighted by Crippen LogP contribution is -2.58. The fraction of sp³-hybridized carbons (Fsp3) is 0.703. The van der Waals surface area contributed by atoms with E-state index in [9.17, 15) is 14.4 Å². The first kappa shape index (κ1) is 34.9. The van der Waals surface area contributed by atoms with Crippen LogP contribution in [0.15, 0.2) is 18.2 Å². The zero-order valence-electron chi connectivity index (χ0n) is 29.3. The SMILES string of the molecule is CCC1C2CN(C(=O)C(C(C)(C)C)NC(=O)OC3CCCCC3CCCCCc3nc4ccc(OC)cc4nc3O2)C1C(=O)C(C)C. The Kier molecular flexibility index (Phi) is 11.0. The second-order valence-electron chi connectivity index (χ2n) is 15.1. The molecule has 6 unspecified atom stereocenters. The standard InChI is InChI=1S/C37H54N4O6/c1-8-25-30-21-41(31(25)32(42)22(2)3)35(43)33(37(4,5)6)40-36(44)47-29-17-13-12-15-23(29)14-10-9-11-16-27-34(46-30)39-28-20-24(45-7)18-19-26(28)38-27/h18-20,22-23,25,29-31,33H,8-17,21H2,1-7H3,(H,40,44). The van der Waals surface area contributed by atoms with E-state index in [0.717, 1.165) is 62.6 Å². The molecular formula is C37H54N4O6. The van der Waals surface area contributed by atoms with E-state index < -0.39 is 29.7 Å². The number of Topliss-reactive ketones (excluding diaryl/α,β-unsaturated/α-hetero) is 1. The van der Waals surface area contributed by atoms with E-state index in [0.29, 0.717) is 35.9 Å². The fourth-order valence-electron chi connectivity index (χ4n) is 7.64. The van der Waals surface area contributed by atoms with Crippen LogP contribution >= 0.6 is 0 Å². The number of hydrogen-bond acceptors (Lipinski definition) is 8. The van der Waals surface area contributed by atoms with E-state index >= 15 is 0 Å². The molecule has 1 N–H and O–H groups in total. The number of hydrogen-bond donors (Lipinski definition) is 1. The Labute approximate surface area is 279 Å². The maximum atomic E-state index is 14.6. The molecule has 2 aliphatic heterocycles. The minimum Gasteiger partial charge on any atom is -0.497 e. The molecule has 1 saturated carbocycles. The van der Waals surface area contributed by atoms with Gasteiger partial charge in [0, 0.05) is 17.9 Å². The Bertz CT molecular complexity index is 1440. The molecule has 1 aromatic heterocycles. The van der Waals surface area contributed by atoms with Crippen LogP contribution < -0.4 is 14.8 Å². The van der Waals surface area contributed by atoms with Crippen LogP contribution in [0.2, 0.25) is 0 Å². The van der Waals surface area contributed by atoms with E-state index in [1.54, 1.807) is 12.0 Å². The van der Waals surface area contributed by atoms with Gasteiger partial charge in [0.05, 0.1) is 30.7 Å². The van der Waals surface area contributed by atoms with E-state index in [-0.39, 0.29) is 36.2 Å². The first-order valence-electron chi connectivity index (χ1n) is 17.7. The van der Waals surface area contributed by atoms with Gasteiger partial charge in [-0.1, -0.05) is 60.8 Å². The van der Waals surface area contributed by atoms with E-state index in [2.05, 4.69) is 5.32 Å². The van der Waals surface area contributed by atoms with Gasteiger partial charge in [0.25, 0.3) is 0 Å². The Morgan fingerprint density at radius 3 is 2.40 bits per heavy atom. The van der Waals surface area contributed by atoms with Crippen LogP contribution in [-0.2, 0) is 20.7 Å². The van der Waals surface area contributed by atoms with Crippen molar-refractivity contribution in [2.24, 2.45) is 23.2 Å². The van der Waals surface area contributed by atoms with Gasteiger partial charge in [0.2, 0.25) is 11.8 Å². The highest BCUT2D eigenvalue weighted by molar-refractivity contribution is 5.94. The number of carbonyl (C=O) groups is 3. The van der Waals surface area contributed by atoms with Crippen LogP contribution in [-0.4, -0.2) is 70.6 Å². The molecule has 5 rings (SSSR count). The molecule has 1 saturated heterocycles.